The van der Waals surface area contributed by atoms with Gasteiger partial charge in [-0.3, -0.25) is 4.57 Å². The number of fused-ring (bicyclic) bond motifs is 3. The van der Waals surface area contributed by atoms with Gasteiger partial charge < -0.3 is 13.9 Å². The molecule has 0 saturated heterocycles. The van der Waals surface area contributed by atoms with Crippen LogP contribution in [0.1, 0.15) is 103 Å². The summed E-state index contributed by atoms with van der Waals surface area (Å²) in [5.74, 6) is 1.99. The fourth-order valence-electron chi connectivity index (χ4n) is 10.4. The standard InChI is InChI=1S/C70H64N4O.Pt/c1-67(2,3)54-35-36-71-66(43-54)74-63-34-31-50(48-23-15-11-16-24-48)39-62(63)61-33-32-59(45-64(61)74)75-60-42-56(70(9,10)53-29-21-14-22-30-53)41-58(44-60)73-47-72(46-65(73)68(4,5)6)57-38-51(49-25-17-12-18-26-49)37-55(40-57)69(7,8)52-27-19-13-20-28-52;/h11-43,46H,1-10H3;/q-2;. The minimum Gasteiger partial charge on any atom is -0.510 e. The predicted octanol–water partition coefficient (Wildman–Crippen LogP) is 17.0. The van der Waals surface area contributed by atoms with Gasteiger partial charge in [0.15, 0.2) is 0 Å². The van der Waals surface area contributed by atoms with Gasteiger partial charge in [0.1, 0.15) is 5.82 Å². The van der Waals surface area contributed by atoms with Crippen LogP contribution in [0.5, 0.6) is 11.5 Å². The summed E-state index contributed by atoms with van der Waals surface area (Å²) in [6.45, 7) is 22.7. The van der Waals surface area contributed by atoms with Crippen molar-refractivity contribution in [1.82, 2.24) is 14.1 Å². The van der Waals surface area contributed by atoms with E-state index in [0.29, 0.717) is 11.5 Å². The Bertz CT molecular complexity index is 3860. The summed E-state index contributed by atoms with van der Waals surface area (Å²) < 4.78 is 13.6. The van der Waals surface area contributed by atoms with Crippen LogP contribution in [0.15, 0.2) is 207 Å². The van der Waals surface area contributed by atoms with Crippen LogP contribution in [0.2, 0.25) is 0 Å². The Labute approximate surface area is 463 Å². The quantitative estimate of drug-likeness (QED) is 0.0956. The molecule has 3 heterocycles. The van der Waals surface area contributed by atoms with Crippen molar-refractivity contribution in [2.75, 3.05) is 0 Å². The SMILES string of the molecule is CC(C)(C)c1ccnc(-n2c3[c-]c(Oc4[c-]c(-n5[c-][n+](-c6cc(-c7ccccc7)cc(C(C)(C)c7ccccc7)c6)cc5C(C)(C)C)cc(C(C)(C)c5ccccc5)c4)ccc3c3cc(-c4ccccc4)ccc32)c1.[Pt]. The van der Waals surface area contributed by atoms with Crippen LogP contribution in [-0.2, 0) is 42.7 Å². The average Bonchev–Trinajstić information content (AvgIpc) is 4.05. The summed E-state index contributed by atoms with van der Waals surface area (Å²) in [4.78, 5) is 4.99. The number of aromatic nitrogens is 4. The Hall–Kier alpha value is -7.59. The molecular weight excluding hydrogens is 1110 g/mol. The zero-order valence-corrected chi connectivity index (χ0v) is 47.4. The number of nitrogens with zero attached hydrogens (tertiary/aromatic N) is 4. The van der Waals surface area contributed by atoms with Gasteiger partial charge in [-0.1, -0.05) is 214 Å². The fourth-order valence-corrected chi connectivity index (χ4v) is 10.4. The Balaban J connectivity index is 0.00000657. The fraction of sp³-hybridized carbons (Fsp3) is 0.200. The zero-order chi connectivity index (χ0) is 52.3. The van der Waals surface area contributed by atoms with Gasteiger partial charge >= 0.3 is 0 Å². The van der Waals surface area contributed by atoms with Gasteiger partial charge in [0.2, 0.25) is 0 Å². The normalized spacial score (nSPS) is 12.2. The van der Waals surface area contributed by atoms with E-state index in [4.69, 9.17) is 9.72 Å². The molecule has 0 unspecified atom stereocenters. The molecule has 0 atom stereocenters. The van der Waals surface area contributed by atoms with E-state index in [1.807, 2.05) is 12.3 Å². The first kappa shape index (κ1) is 51.9. The number of ether oxygens (including phenoxy) is 1. The van der Waals surface area contributed by atoms with Gasteiger partial charge in [-0.2, -0.15) is 12.1 Å². The molecule has 11 rings (SSSR count). The average molecular weight is 1170 g/mol. The van der Waals surface area contributed by atoms with Crippen molar-refractivity contribution in [1.29, 1.82) is 0 Å². The molecule has 0 aliphatic rings. The predicted molar refractivity (Wildman–Crippen MR) is 308 cm³/mol. The third-order valence-corrected chi connectivity index (χ3v) is 15.1. The van der Waals surface area contributed by atoms with Crippen LogP contribution in [-0.4, -0.2) is 14.1 Å². The number of hydrogen-bond donors (Lipinski definition) is 0. The van der Waals surface area contributed by atoms with Gasteiger partial charge in [0, 0.05) is 55.9 Å². The Morgan fingerprint density at radius 1 is 0.461 bits per heavy atom. The van der Waals surface area contributed by atoms with Crippen molar-refractivity contribution < 1.29 is 30.4 Å². The van der Waals surface area contributed by atoms with Crippen molar-refractivity contribution in [2.45, 2.75) is 90.9 Å². The smallest absolute Gasteiger partial charge is 0.267 e. The Morgan fingerprint density at radius 3 is 1.66 bits per heavy atom. The first-order valence-electron chi connectivity index (χ1n) is 26.1. The molecule has 76 heavy (non-hydrogen) atoms. The number of pyridine rings is 1. The molecule has 0 aliphatic carbocycles. The first-order chi connectivity index (χ1) is 35.9. The maximum absolute atomic E-state index is 7.08. The molecule has 3 aromatic heterocycles. The molecule has 5 nitrogen and oxygen atoms in total. The molecule has 0 spiro atoms. The van der Waals surface area contributed by atoms with Gasteiger partial charge in [-0.15, -0.1) is 35.2 Å². The van der Waals surface area contributed by atoms with Crippen molar-refractivity contribution >= 4 is 21.8 Å². The number of hydrogen-bond acceptors (Lipinski definition) is 2. The Morgan fingerprint density at radius 2 is 1.05 bits per heavy atom. The summed E-state index contributed by atoms with van der Waals surface area (Å²) in [6, 6.07) is 76.8. The largest absolute Gasteiger partial charge is 0.510 e. The second-order valence-electron chi connectivity index (χ2n) is 23.1. The van der Waals surface area contributed by atoms with Gasteiger partial charge in [0.05, 0.1) is 11.4 Å². The van der Waals surface area contributed by atoms with E-state index < -0.39 is 5.41 Å². The maximum atomic E-state index is 7.08. The van der Waals surface area contributed by atoms with E-state index in [2.05, 4.69) is 296 Å². The van der Waals surface area contributed by atoms with Gasteiger partial charge in [-0.05, 0) is 102 Å². The van der Waals surface area contributed by atoms with E-state index >= 15 is 0 Å². The van der Waals surface area contributed by atoms with Crippen LogP contribution in [0.3, 0.4) is 0 Å². The van der Waals surface area contributed by atoms with Crippen LogP contribution in [0.4, 0.5) is 0 Å². The van der Waals surface area contributed by atoms with Crippen LogP contribution in [0, 0.1) is 18.5 Å². The second kappa shape index (κ2) is 20.2. The van der Waals surface area contributed by atoms with Crippen LogP contribution in [0.25, 0.3) is 61.3 Å². The van der Waals surface area contributed by atoms with Crippen molar-refractivity contribution in [2.24, 2.45) is 0 Å². The molecule has 11 aromatic rings. The van der Waals surface area contributed by atoms with Gasteiger partial charge in [0.25, 0.3) is 6.33 Å². The molecule has 8 aromatic carbocycles. The number of benzene rings is 8. The molecule has 0 saturated carbocycles. The molecule has 0 amide bonds. The van der Waals surface area contributed by atoms with Crippen molar-refractivity contribution in [3.8, 4) is 50.9 Å². The summed E-state index contributed by atoms with van der Waals surface area (Å²) in [6.07, 6.45) is 8.01. The zero-order valence-electron chi connectivity index (χ0n) is 45.1. The number of imidazole rings is 1. The van der Waals surface area contributed by atoms with E-state index in [1.54, 1.807) is 0 Å². The second-order valence-corrected chi connectivity index (χ2v) is 23.1. The third-order valence-electron chi connectivity index (χ3n) is 15.1. The van der Waals surface area contributed by atoms with Crippen LogP contribution < -0.4 is 9.30 Å². The Kier molecular flexibility index (Phi) is 13.8. The minimum absolute atomic E-state index is 0. The molecule has 0 fully saturated rings. The van der Waals surface area contributed by atoms with Gasteiger partial charge in [-0.25, -0.2) is 4.98 Å². The summed E-state index contributed by atoms with van der Waals surface area (Å²) in [7, 11) is 0. The molecule has 6 heteroatoms. The van der Waals surface area contributed by atoms with E-state index in [-0.39, 0.29) is 37.3 Å². The monoisotopic (exact) mass is 1170 g/mol. The summed E-state index contributed by atoms with van der Waals surface area (Å²) >= 11 is 0. The molecular formula is C70H64N4OPt-2. The summed E-state index contributed by atoms with van der Waals surface area (Å²) in [5, 5.41) is 2.18. The third kappa shape index (κ3) is 10.0. The summed E-state index contributed by atoms with van der Waals surface area (Å²) in [5.41, 5.74) is 14.4. The van der Waals surface area contributed by atoms with E-state index in [9.17, 15) is 0 Å². The minimum atomic E-state index is -0.406. The van der Waals surface area contributed by atoms with E-state index in [0.717, 1.165) is 66.9 Å². The van der Waals surface area contributed by atoms with Crippen LogP contribution >= 0.6 is 0 Å². The molecule has 0 aliphatic heterocycles. The molecule has 0 N–H and O–H groups in total. The molecule has 382 valence electrons. The van der Waals surface area contributed by atoms with E-state index in [1.165, 1.54) is 27.8 Å². The first-order valence-corrected chi connectivity index (χ1v) is 26.1. The molecule has 0 radical (unpaired) electrons. The maximum Gasteiger partial charge on any atom is 0.267 e. The molecule has 0 bridgehead atoms. The number of rotatable bonds is 11. The van der Waals surface area contributed by atoms with Crippen molar-refractivity contribution in [3.63, 3.8) is 0 Å². The van der Waals surface area contributed by atoms with Crippen molar-refractivity contribution in [3.05, 3.63) is 258 Å². The topological polar surface area (TPSA) is 35.9 Å².